The van der Waals surface area contributed by atoms with E-state index in [0.29, 0.717) is 33.0 Å². The van der Waals surface area contributed by atoms with Crippen molar-refractivity contribution < 1.29 is 14.6 Å². The lowest BCUT2D eigenvalue weighted by Crippen LogP contribution is -2.32. The molecule has 0 aliphatic heterocycles. The maximum atomic E-state index is 9.76. The number of nitrogens with zero attached hydrogens (tertiary/aromatic N) is 1. The Morgan fingerprint density at radius 2 is 2.16 bits per heavy atom. The fraction of sp³-hybridized carbons (Fsp3) is 0.643. The van der Waals surface area contributed by atoms with Crippen LogP contribution in [0, 0.1) is 0 Å². The highest BCUT2D eigenvalue weighted by Crippen LogP contribution is 2.09. The van der Waals surface area contributed by atoms with Gasteiger partial charge < -0.3 is 19.9 Å². The van der Waals surface area contributed by atoms with Gasteiger partial charge in [-0.15, -0.1) is 0 Å². The lowest BCUT2D eigenvalue weighted by atomic mass is 10.1. The monoisotopic (exact) mass is 268 g/mol. The average molecular weight is 268 g/mol. The second-order valence-electron chi connectivity index (χ2n) is 4.34. The van der Waals surface area contributed by atoms with Gasteiger partial charge >= 0.3 is 0 Å². The Morgan fingerprint density at radius 3 is 2.84 bits per heavy atom. The summed E-state index contributed by atoms with van der Waals surface area (Å²) in [5.41, 5.74) is 1.10. The van der Waals surface area contributed by atoms with E-state index in [9.17, 15) is 5.11 Å². The highest BCUT2D eigenvalue weighted by atomic mass is 16.5. The van der Waals surface area contributed by atoms with Crippen LogP contribution < -0.4 is 5.32 Å². The van der Waals surface area contributed by atoms with E-state index >= 15 is 0 Å². The van der Waals surface area contributed by atoms with Crippen LogP contribution in [0.5, 0.6) is 0 Å². The zero-order chi connectivity index (χ0) is 13.9. The van der Waals surface area contributed by atoms with E-state index < -0.39 is 6.10 Å². The van der Waals surface area contributed by atoms with Crippen molar-refractivity contribution in [3.63, 3.8) is 0 Å². The minimum absolute atomic E-state index is 0.159. The smallest absolute Gasteiger partial charge is 0.0897 e. The molecular weight excluding hydrogens is 244 g/mol. The van der Waals surface area contributed by atoms with Gasteiger partial charge in [-0.2, -0.15) is 0 Å². The normalized spacial score (nSPS) is 14.3. The molecule has 0 aliphatic carbocycles. The Bertz CT molecular complexity index is 322. The summed E-state index contributed by atoms with van der Waals surface area (Å²) in [4.78, 5) is 4.07. The molecule has 19 heavy (non-hydrogen) atoms. The molecule has 5 nitrogen and oxygen atoms in total. The van der Waals surface area contributed by atoms with Crippen molar-refractivity contribution in [3.8, 4) is 0 Å². The van der Waals surface area contributed by atoms with Gasteiger partial charge in [-0.3, -0.25) is 4.98 Å². The van der Waals surface area contributed by atoms with Crippen molar-refractivity contribution in [2.24, 2.45) is 0 Å². The first-order chi connectivity index (χ1) is 9.24. The number of pyridine rings is 1. The molecule has 1 aromatic rings. The highest BCUT2D eigenvalue weighted by molar-refractivity contribution is 5.12. The van der Waals surface area contributed by atoms with E-state index in [4.69, 9.17) is 9.47 Å². The molecule has 0 aliphatic rings. The predicted octanol–water partition coefficient (Wildman–Crippen LogP) is 1.15. The molecule has 1 aromatic heterocycles. The quantitative estimate of drug-likeness (QED) is 0.623. The number of ether oxygens (including phenoxy) is 2. The topological polar surface area (TPSA) is 63.6 Å². The third kappa shape index (κ3) is 7.22. The molecule has 0 saturated heterocycles. The molecule has 0 bridgehead atoms. The van der Waals surface area contributed by atoms with Gasteiger partial charge in [-0.05, 0) is 25.5 Å². The van der Waals surface area contributed by atoms with Gasteiger partial charge in [0.25, 0.3) is 0 Å². The summed E-state index contributed by atoms with van der Waals surface area (Å²) < 4.78 is 10.5. The summed E-state index contributed by atoms with van der Waals surface area (Å²) in [5, 5.41) is 13.0. The Morgan fingerprint density at radius 1 is 1.37 bits per heavy atom. The standard InChI is InChI=1S/C14H24N2O3/c1-3-18-7-8-19-11-14(17)10-16-12(2)13-5-4-6-15-9-13/h4-6,9,12,14,16-17H,3,7-8,10-11H2,1-2H3/t12-,14?/m0/s1. The van der Waals surface area contributed by atoms with Gasteiger partial charge in [-0.25, -0.2) is 0 Å². The molecule has 0 amide bonds. The molecule has 108 valence electrons. The third-order valence-corrected chi connectivity index (χ3v) is 2.73. The van der Waals surface area contributed by atoms with Crippen molar-refractivity contribution in [1.82, 2.24) is 10.3 Å². The van der Waals surface area contributed by atoms with Crippen LogP contribution in [0.2, 0.25) is 0 Å². The molecule has 1 heterocycles. The first-order valence-electron chi connectivity index (χ1n) is 6.71. The molecule has 2 atom stereocenters. The molecule has 0 aromatic carbocycles. The maximum Gasteiger partial charge on any atom is 0.0897 e. The van der Waals surface area contributed by atoms with Crippen LogP contribution in [0.1, 0.15) is 25.5 Å². The highest BCUT2D eigenvalue weighted by Gasteiger charge is 2.08. The number of aliphatic hydroxyl groups is 1. The molecule has 0 spiro atoms. The number of rotatable bonds is 10. The van der Waals surface area contributed by atoms with E-state index in [1.54, 1.807) is 6.20 Å². The third-order valence-electron chi connectivity index (χ3n) is 2.73. The van der Waals surface area contributed by atoms with Gasteiger partial charge in [0.15, 0.2) is 0 Å². The summed E-state index contributed by atoms with van der Waals surface area (Å²) in [6.07, 6.45) is 3.06. The summed E-state index contributed by atoms with van der Waals surface area (Å²) >= 11 is 0. The van der Waals surface area contributed by atoms with Crippen LogP contribution in [-0.4, -0.2) is 49.2 Å². The average Bonchev–Trinajstić information content (AvgIpc) is 2.45. The van der Waals surface area contributed by atoms with Crippen molar-refractivity contribution >= 4 is 0 Å². The van der Waals surface area contributed by atoms with E-state index in [-0.39, 0.29) is 6.04 Å². The molecule has 2 N–H and O–H groups in total. The molecule has 0 saturated carbocycles. The zero-order valence-corrected chi connectivity index (χ0v) is 11.7. The Balaban J connectivity index is 2.11. The van der Waals surface area contributed by atoms with E-state index in [1.807, 2.05) is 32.2 Å². The van der Waals surface area contributed by atoms with Crippen LogP contribution in [0.4, 0.5) is 0 Å². The molecule has 0 radical (unpaired) electrons. The van der Waals surface area contributed by atoms with E-state index in [2.05, 4.69) is 10.3 Å². The van der Waals surface area contributed by atoms with E-state index in [0.717, 1.165) is 5.56 Å². The molecule has 1 rings (SSSR count). The summed E-state index contributed by atoms with van der Waals surface area (Å²) in [6, 6.07) is 4.07. The predicted molar refractivity (Wildman–Crippen MR) is 74.0 cm³/mol. The van der Waals surface area contributed by atoms with Gasteiger partial charge in [0.1, 0.15) is 0 Å². The first-order valence-corrected chi connectivity index (χ1v) is 6.71. The van der Waals surface area contributed by atoms with Gasteiger partial charge in [-0.1, -0.05) is 6.07 Å². The van der Waals surface area contributed by atoms with Gasteiger partial charge in [0.05, 0.1) is 25.9 Å². The number of aromatic nitrogens is 1. The number of nitrogens with one attached hydrogen (secondary N) is 1. The summed E-state index contributed by atoms with van der Waals surface area (Å²) in [7, 11) is 0. The van der Waals surface area contributed by atoms with Crippen molar-refractivity contribution in [2.45, 2.75) is 26.0 Å². The second-order valence-corrected chi connectivity index (χ2v) is 4.34. The van der Waals surface area contributed by atoms with Crippen LogP contribution in [-0.2, 0) is 9.47 Å². The number of hydrogen-bond donors (Lipinski definition) is 2. The largest absolute Gasteiger partial charge is 0.389 e. The first kappa shape index (κ1) is 16.0. The fourth-order valence-electron chi connectivity index (χ4n) is 1.60. The molecule has 0 fully saturated rings. The van der Waals surface area contributed by atoms with Gasteiger partial charge in [0, 0.05) is 31.6 Å². The zero-order valence-electron chi connectivity index (χ0n) is 11.7. The van der Waals surface area contributed by atoms with Crippen molar-refractivity contribution in [1.29, 1.82) is 0 Å². The van der Waals surface area contributed by atoms with Gasteiger partial charge in [0.2, 0.25) is 0 Å². The maximum absolute atomic E-state index is 9.76. The Kier molecular flexibility index (Phi) is 8.33. The summed E-state index contributed by atoms with van der Waals surface area (Å²) in [5.74, 6) is 0. The van der Waals surface area contributed by atoms with Crippen molar-refractivity contribution in [2.75, 3.05) is 33.0 Å². The Hall–Kier alpha value is -1.01. The molecular formula is C14H24N2O3. The van der Waals surface area contributed by atoms with Crippen molar-refractivity contribution in [3.05, 3.63) is 30.1 Å². The van der Waals surface area contributed by atoms with Crippen LogP contribution in [0.25, 0.3) is 0 Å². The second kappa shape index (κ2) is 9.86. The molecule has 1 unspecified atom stereocenters. The number of aliphatic hydroxyl groups excluding tert-OH is 1. The molecule has 5 heteroatoms. The SMILES string of the molecule is CCOCCOCC(O)CN[C@@H](C)c1cccnc1. The minimum atomic E-state index is -0.513. The van der Waals surface area contributed by atoms with E-state index in [1.165, 1.54) is 0 Å². The van der Waals surface area contributed by atoms with Crippen LogP contribution in [0.3, 0.4) is 0 Å². The fourth-order valence-corrected chi connectivity index (χ4v) is 1.60. The van der Waals surface area contributed by atoms with Crippen LogP contribution in [0.15, 0.2) is 24.5 Å². The minimum Gasteiger partial charge on any atom is -0.389 e. The lowest BCUT2D eigenvalue weighted by Gasteiger charge is -2.17. The Labute approximate surface area is 115 Å². The number of hydrogen-bond acceptors (Lipinski definition) is 5. The van der Waals surface area contributed by atoms with Crippen LogP contribution >= 0.6 is 0 Å². The summed E-state index contributed by atoms with van der Waals surface area (Å²) in [6.45, 7) is 6.57. The lowest BCUT2D eigenvalue weighted by molar-refractivity contribution is 0.00585.